The Kier molecular flexibility index (Phi) is 2.05. The Labute approximate surface area is 41.5 Å². The Hall–Kier alpha value is 0.415. The summed E-state index contributed by atoms with van der Waals surface area (Å²) in [6.45, 7) is 0. The van der Waals surface area contributed by atoms with E-state index < -0.39 is 0 Å². The smallest absolute Gasteiger partial charge is 0.151 e. The lowest BCUT2D eigenvalue weighted by Crippen LogP contribution is -2.45. The van der Waals surface area contributed by atoms with E-state index in [1.807, 2.05) is 14.9 Å². The summed E-state index contributed by atoms with van der Waals surface area (Å²) >= 11 is 0. The normalized spacial score (nSPS) is 19.8. The first-order valence-electron chi connectivity index (χ1n) is 1.83. The van der Waals surface area contributed by atoms with Crippen LogP contribution < -0.4 is 11.1 Å². The molecular weight excluding hydrogens is 93.8 g/mol. The van der Waals surface area contributed by atoms with Crippen LogP contribution >= 0.6 is 9.24 Å². The van der Waals surface area contributed by atoms with Crippen molar-refractivity contribution in [3.05, 3.63) is 0 Å². The van der Waals surface area contributed by atoms with Crippen molar-refractivity contribution in [1.82, 2.24) is 5.32 Å². The van der Waals surface area contributed by atoms with E-state index in [0.29, 0.717) is 0 Å². The van der Waals surface area contributed by atoms with E-state index in [4.69, 9.17) is 5.73 Å². The highest BCUT2D eigenvalue weighted by Gasteiger charge is 2.02. The van der Waals surface area contributed by atoms with Crippen molar-refractivity contribution >= 4 is 17.1 Å². The molecule has 0 saturated heterocycles. The Morgan fingerprint density at radius 2 is 2.17 bits per heavy atom. The monoisotopic (exact) mass is 104 g/mol. The largest absolute Gasteiger partial charge is 0.318 e. The van der Waals surface area contributed by atoms with Gasteiger partial charge < -0.3 is 11.1 Å². The molecule has 0 saturated carbocycles. The molecule has 36 valence electrons. The molecule has 0 rings (SSSR count). The van der Waals surface area contributed by atoms with Crippen LogP contribution in [0.4, 0.5) is 0 Å². The summed E-state index contributed by atoms with van der Waals surface area (Å²) in [7, 11) is 6.14. The lowest BCUT2D eigenvalue weighted by atomic mass is 10.1. The van der Waals surface area contributed by atoms with Crippen molar-refractivity contribution in [3.63, 3.8) is 0 Å². The number of hydrogen-bond acceptors (Lipinski definition) is 2. The molecule has 0 aromatic rings. The fourth-order valence-electron chi connectivity index (χ4n) is 0. The Morgan fingerprint density at radius 3 is 2.17 bits per heavy atom. The quantitative estimate of drug-likeness (QED) is 0.236. The summed E-state index contributed by atoms with van der Waals surface area (Å²) in [6.07, 6.45) is 0. The summed E-state index contributed by atoms with van der Waals surface area (Å²) in [4.78, 5) is 0. The van der Waals surface area contributed by atoms with Crippen molar-refractivity contribution in [2.24, 2.45) is 5.73 Å². The summed E-state index contributed by atoms with van der Waals surface area (Å²) in [6, 6.07) is 0. The standard InChI is InChI=1S/C2H10BN2P/c1-5-2(3,4)6/h5H,3-4,6H2,1H3. The lowest BCUT2D eigenvalue weighted by Gasteiger charge is -2.15. The summed E-state index contributed by atoms with van der Waals surface area (Å²) in [5.74, 6) is 0. The van der Waals surface area contributed by atoms with Crippen molar-refractivity contribution in [2.45, 2.75) is 5.30 Å². The molecule has 0 aliphatic heterocycles. The molecule has 6 heavy (non-hydrogen) atoms. The minimum atomic E-state index is -0.292. The maximum atomic E-state index is 5.39. The van der Waals surface area contributed by atoms with Gasteiger partial charge in [-0.3, -0.25) is 0 Å². The van der Waals surface area contributed by atoms with Crippen LogP contribution in [0.1, 0.15) is 0 Å². The molecule has 0 fully saturated rings. The van der Waals surface area contributed by atoms with Crippen molar-refractivity contribution < 1.29 is 0 Å². The van der Waals surface area contributed by atoms with E-state index in [9.17, 15) is 0 Å². The average Bonchev–Trinajstić information content (AvgIpc) is 1.35. The molecule has 0 radical (unpaired) electrons. The molecule has 2 nitrogen and oxygen atoms in total. The zero-order chi connectivity index (χ0) is 5.21. The molecule has 0 aliphatic carbocycles. The molecule has 3 N–H and O–H groups in total. The fraction of sp³-hybridized carbons (Fsp3) is 1.00. The number of nitrogens with one attached hydrogen (secondary N) is 1. The van der Waals surface area contributed by atoms with Gasteiger partial charge in [0.1, 0.15) is 0 Å². The molecular formula is C2H10BN2P. The molecule has 2 atom stereocenters. The molecule has 0 amide bonds. The minimum absolute atomic E-state index is 0.292. The van der Waals surface area contributed by atoms with Gasteiger partial charge in [-0.05, 0) is 7.05 Å². The van der Waals surface area contributed by atoms with Crippen molar-refractivity contribution in [3.8, 4) is 0 Å². The van der Waals surface area contributed by atoms with E-state index in [1.54, 1.807) is 0 Å². The highest BCUT2D eigenvalue weighted by atomic mass is 31.0. The third kappa shape index (κ3) is 4.41. The molecule has 0 spiro atoms. The highest BCUT2D eigenvalue weighted by Crippen LogP contribution is 1.95. The van der Waals surface area contributed by atoms with Crippen LogP contribution in [0, 0.1) is 0 Å². The van der Waals surface area contributed by atoms with Gasteiger partial charge in [0.25, 0.3) is 0 Å². The molecule has 0 bridgehead atoms. The zero-order valence-electron chi connectivity index (χ0n) is 4.15. The van der Waals surface area contributed by atoms with Gasteiger partial charge in [0.05, 0.1) is 0 Å². The second kappa shape index (κ2) is 1.92. The third-order valence-corrected chi connectivity index (χ3v) is 0.827. The summed E-state index contributed by atoms with van der Waals surface area (Å²) in [5, 5.41) is 2.55. The van der Waals surface area contributed by atoms with E-state index in [0.717, 1.165) is 0 Å². The maximum Gasteiger partial charge on any atom is 0.151 e. The Morgan fingerprint density at radius 1 is 2.00 bits per heavy atom. The van der Waals surface area contributed by atoms with Crippen LogP contribution in [0.25, 0.3) is 0 Å². The van der Waals surface area contributed by atoms with Gasteiger partial charge >= 0.3 is 0 Å². The van der Waals surface area contributed by atoms with Gasteiger partial charge in [0.15, 0.2) is 7.85 Å². The molecule has 0 aromatic carbocycles. The van der Waals surface area contributed by atoms with Crippen LogP contribution in [0.3, 0.4) is 0 Å². The predicted molar refractivity (Wildman–Crippen MR) is 34.2 cm³/mol. The van der Waals surface area contributed by atoms with Crippen LogP contribution in [0.15, 0.2) is 0 Å². The summed E-state index contributed by atoms with van der Waals surface area (Å²) < 4.78 is 0. The molecule has 2 unspecified atom stereocenters. The fourth-order valence-corrected chi connectivity index (χ4v) is 0. The van der Waals surface area contributed by atoms with E-state index in [-0.39, 0.29) is 5.30 Å². The van der Waals surface area contributed by atoms with Gasteiger partial charge in [-0.1, -0.05) is 0 Å². The number of nitrogens with two attached hydrogens (primary N) is 1. The Balaban J connectivity index is 3.17. The van der Waals surface area contributed by atoms with Crippen molar-refractivity contribution in [2.75, 3.05) is 7.05 Å². The first-order chi connectivity index (χ1) is 2.56. The Bertz CT molecular complexity index is 41.3. The van der Waals surface area contributed by atoms with Gasteiger partial charge in [-0.2, -0.15) is 0 Å². The maximum absolute atomic E-state index is 5.39. The van der Waals surface area contributed by atoms with Crippen LogP contribution in [-0.2, 0) is 0 Å². The average molecular weight is 104 g/mol. The van der Waals surface area contributed by atoms with Crippen LogP contribution in [-0.4, -0.2) is 20.2 Å². The second-order valence-corrected chi connectivity index (χ2v) is 2.73. The zero-order valence-corrected chi connectivity index (χ0v) is 5.31. The van der Waals surface area contributed by atoms with Gasteiger partial charge in [-0.15, -0.1) is 9.24 Å². The van der Waals surface area contributed by atoms with E-state index in [1.165, 1.54) is 0 Å². The molecule has 4 heteroatoms. The van der Waals surface area contributed by atoms with Crippen LogP contribution in [0.5, 0.6) is 0 Å². The number of hydrogen-bond donors (Lipinski definition) is 2. The topological polar surface area (TPSA) is 38.0 Å². The highest BCUT2D eigenvalue weighted by molar-refractivity contribution is 7.22. The van der Waals surface area contributed by atoms with E-state index in [2.05, 4.69) is 14.6 Å². The first kappa shape index (κ1) is 6.41. The van der Waals surface area contributed by atoms with E-state index >= 15 is 0 Å². The lowest BCUT2D eigenvalue weighted by molar-refractivity contribution is 0.707. The van der Waals surface area contributed by atoms with Gasteiger partial charge in [0, 0.05) is 5.30 Å². The predicted octanol–water partition coefficient (Wildman–Crippen LogP) is -1.72. The van der Waals surface area contributed by atoms with Gasteiger partial charge in [-0.25, -0.2) is 0 Å². The molecule has 0 aliphatic rings. The third-order valence-electron chi connectivity index (χ3n) is 0.539. The van der Waals surface area contributed by atoms with Crippen LogP contribution in [0.2, 0.25) is 0 Å². The first-order valence-corrected chi connectivity index (χ1v) is 2.40. The minimum Gasteiger partial charge on any atom is -0.318 e. The summed E-state index contributed by atoms with van der Waals surface area (Å²) in [5.41, 5.74) is 5.39. The second-order valence-electron chi connectivity index (χ2n) is 1.53. The van der Waals surface area contributed by atoms with Crippen molar-refractivity contribution in [1.29, 1.82) is 0 Å². The SMILES string of the molecule is BC(N)(P)NC. The molecule has 0 heterocycles. The number of rotatable bonds is 1. The molecule has 0 aromatic heterocycles. The van der Waals surface area contributed by atoms with Gasteiger partial charge in [0.2, 0.25) is 0 Å².